The molecule has 6 nitrogen and oxygen atoms in total. The molecule has 0 fully saturated rings. The van der Waals surface area contributed by atoms with Gasteiger partial charge in [0.1, 0.15) is 0 Å². The van der Waals surface area contributed by atoms with Gasteiger partial charge >= 0.3 is 5.97 Å². The lowest BCUT2D eigenvalue weighted by molar-refractivity contribution is -0.136. The molecule has 0 bridgehead atoms. The van der Waals surface area contributed by atoms with Gasteiger partial charge in [-0.15, -0.1) is 0 Å². The maximum atomic E-state index is 12.5. The third kappa shape index (κ3) is 6.11. The standard InChI is InChI=1S/C14H15Cl2NO4.C8H11N/c1-7(2)12-14(20)17(4-3-11(18)19)10-6-8(15)5-9(16)13(10)21-12;1-7(9)8-5-3-2-4-6-8/h5-7,12H,3-4H2,1-2H3,(H,18,19);2-7H,9H2,1H3/t12-;7-/m11/s1. The Labute approximate surface area is 186 Å². The molecule has 0 spiro atoms. The molecule has 0 radical (unpaired) electrons. The molecule has 3 rings (SSSR count). The zero-order chi connectivity index (χ0) is 22.4. The van der Waals surface area contributed by atoms with Crippen LogP contribution in [-0.4, -0.2) is 29.6 Å². The van der Waals surface area contributed by atoms with Gasteiger partial charge in [0.05, 0.1) is 17.1 Å². The normalized spacial score (nSPS) is 16.3. The molecule has 3 N–H and O–H groups in total. The molecule has 1 amide bonds. The second kappa shape index (κ2) is 10.7. The van der Waals surface area contributed by atoms with E-state index >= 15 is 0 Å². The number of hydrogen-bond donors (Lipinski definition) is 2. The molecule has 2 aromatic carbocycles. The summed E-state index contributed by atoms with van der Waals surface area (Å²) in [5.74, 6) is -0.961. The zero-order valence-corrected chi connectivity index (χ0v) is 18.7. The van der Waals surface area contributed by atoms with Crippen molar-refractivity contribution >= 4 is 40.8 Å². The van der Waals surface area contributed by atoms with Crippen molar-refractivity contribution in [2.24, 2.45) is 11.7 Å². The van der Waals surface area contributed by atoms with Crippen molar-refractivity contribution in [3.8, 4) is 5.75 Å². The number of carboxylic acid groups (broad SMARTS) is 1. The molecule has 2 aromatic rings. The Bertz CT molecular complexity index is 888. The van der Waals surface area contributed by atoms with E-state index in [0.717, 1.165) is 0 Å². The second-order valence-electron chi connectivity index (χ2n) is 7.35. The largest absolute Gasteiger partial charge is 0.481 e. The van der Waals surface area contributed by atoms with Crippen LogP contribution in [0.1, 0.15) is 38.8 Å². The summed E-state index contributed by atoms with van der Waals surface area (Å²) in [6.45, 7) is 5.74. The number of ether oxygens (including phenoxy) is 1. The Balaban J connectivity index is 0.000000297. The van der Waals surface area contributed by atoms with Crippen molar-refractivity contribution in [1.82, 2.24) is 0 Å². The SMILES string of the molecule is CC(C)[C@H]1Oc2c(Cl)cc(Cl)cc2N(CCC(=O)O)C1=O.C[C@@H](N)c1ccccc1. The van der Waals surface area contributed by atoms with E-state index in [1.807, 2.05) is 51.1 Å². The summed E-state index contributed by atoms with van der Waals surface area (Å²) in [4.78, 5) is 24.7. The summed E-state index contributed by atoms with van der Waals surface area (Å²) in [6.07, 6.45) is -0.856. The van der Waals surface area contributed by atoms with Crippen molar-refractivity contribution in [2.75, 3.05) is 11.4 Å². The van der Waals surface area contributed by atoms with E-state index in [1.165, 1.54) is 16.5 Å². The maximum Gasteiger partial charge on any atom is 0.305 e. The number of fused-ring (bicyclic) bond motifs is 1. The quantitative estimate of drug-likeness (QED) is 0.670. The molecule has 1 heterocycles. The zero-order valence-electron chi connectivity index (χ0n) is 17.1. The monoisotopic (exact) mass is 452 g/mol. The highest BCUT2D eigenvalue weighted by atomic mass is 35.5. The van der Waals surface area contributed by atoms with Crippen molar-refractivity contribution in [3.05, 3.63) is 58.1 Å². The van der Waals surface area contributed by atoms with Crippen LogP contribution in [0.4, 0.5) is 5.69 Å². The average Bonchev–Trinajstić information content (AvgIpc) is 2.67. The molecule has 30 heavy (non-hydrogen) atoms. The smallest absolute Gasteiger partial charge is 0.305 e. The van der Waals surface area contributed by atoms with E-state index in [2.05, 4.69) is 0 Å². The number of carbonyl (C=O) groups excluding carboxylic acids is 1. The first kappa shape index (κ1) is 24.0. The number of amides is 1. The first-order valence-corrected chi connectivity index (χ1v) is 10.4. The lowest BCUT2D eigenvalue weighted by atomic mass is 10.0. The summed E-state index contributed by atoms with van der Waals surface area (Å²) >= 11 is 12.1. The van der Waals surface area contributed by atoms with Crippen LogP contribution < -0.4 is 15.4 Å². The maximum absolute atomic E-state index is 12.5. The van der Waals surface area contributed by atoms with Crippen LogP contribution in [0.25, 0.3) is 0 Å². The van der Waals surface area contributed by atoms with Gasteiger partial charge in [-0.1, -0.05) is 67.4 Å². The summed E-state index contributed by atoms with van der Waals surface area (Å²) < 4.78 is 5.70. The second-order valence-corrected chi connectivity index (χ2v) is 8.19. The van der Waals surface area contributed by atoms with E-state index in [0.29, 0.717) is 21.5 Å². The Hall–Kier alpha value is -2.28. The Morgan fingerprint density at radius 2 is 1.83 bits per heavy atom. The van der Waals surface area contributed by atoms with E-state index in [9.17, 15) is 9.59 Å². The van der Waals surface area contributed by atoms with E-state index in [1.54, 1.807) is 6.07 Å². The number of aliphatic carboxylic acids is 1. The fourth-order valence-electron chi connectivity index (χ4n) is 2.93. The van der Waals surface area contributed by atoms with E-state index in [4.69, 9.17) is 38.8 Å². The molecule has 1 aliphatic rings. The number of benzene rings is 2. The molecular formula is C22H26Cl2N2O4. The number of anilines is 1. The highest BCUT2D eigenvalue weighted by Crippen LogP contribution is 2.43. The first-order chi connectivity index (χ1) is 14.1. The topological polar surface area (TPSA) is 92.9 Å². The highest BCUT2D eigenvalue weighted by molar-refractivity contribution is 6.36. The Morgan fingerprint density at radius 1 is 1.20 bits per heavy atom. The summed E-state index contributed by atoms with van der Waals surface area (Å²) in [6, 6.07) is 13.3. The van der Waals surface area contributed by atoms with Crippen molar-refractivity contribution in [2.45, 2.75) is 39.3 Å². The van der Waals surface area contributed by atoms with Crippen LogP contribution in [0.15, 0.2) is 42.5 Å². The highest BCUT2D eigenvalue weighted by Gasteiger charge is 2.37. The molecule has 0 aliphatic carbocycles. The molecule has 0 saturated heterocycles. The molecule has 2 atom stereocenters. The number of hydrogen-bond acceptors (Lipinski definition) is 4. The minimum Gasteiger partial charge on any atom is -0.481 e. The van der Waals surface area contributed by atoms with Crippen LogP contribution in [0.5, 0.6) is 5.75 Å². The molecule has 0 unspecified atom stereocenters. The molecule has 8 heteroatoms. The Kier molecular flexibility index (Phi) is 8.53. The molecule has 162 valence electrons. The van der Waals surface area contributed by atoms with Gasteiger partial charge in [0, 0.05) is 17.6 Å². The van der Waals surface area contributed by atoms with Gasteiger partial charge < -0.3 is 20.5 Å². The number of rotatable bonds is 5. The number of nitrogens with zero attached hydrogens (tertiary/aromatic N) is 1. The van der Waals surface area contributed by atoms with Crippen LogP contribution in [0, 0.1) is 5.92 Å². The predicted molar refractivity (Wildman–Crippen MR) is 119 cm³/mol. The van der Waals surface area contributed by atoms with Crippen molar-refractivity contribution in [3.63, 3.8) is 0 Å². The molecule has 1 aliphatic heterocycles. The molecule has 0 saturated carbocycles. The predicted octanol–water partition coefficient (Wildman–Crippen LogP) is 4.92. The fraction of sp³-hybridized carbons (Fsp3) is 0.364. The first-order valence-electron chi connectivity index (χ1n) is 9.61. The summed E-state index contributed by atoms with van der Waals surface area (Å²) in [7, 11) is 0. The van der Waals surface area contributed by atoms with E-state index in [-0.39, 0.29) is 30.8 Å². The number of nitrogens with two attached hydrogens (primary N) is 1. The average molecular weight is 453 g/mol. The summed E-state index contributed by atoms with van der Waals surface area (Å²) in [5, 5.41) is 9.50. The lowest BCUT2D eigenvalue weighted by Gasteiger charge is -2.36. The minimum atomic E-state index is -0.981. The Morgan fingerprint density at radius 3 is 2.33 bits per heavy atom. The van der Waals surface area contributed by atoms with Gasteiger partial charge in [-0.3, -0.25) is 9.59 Å². The van der Waals surface area contributed by atoms with Gasteiger partial charge in [0.15, 0.2) is 11.9 Å². The molecular weight excluding hydrogens is 427 g/mol. The van der Waals surface area contributed by atoms with Crippen LogP contribution in [0.3, 0.4) is 0 Å². The van der Waals surface area contributed by atoms with Gasteiger partial charge in [0.25, 0.3) is 5.91 Å². The van der Waals surface area contributed by atoms with Crippen molar-refractivity contribution < 1.29 is 19.4 Å². The van der Waals surface area contributed by atoms with Crippen molar-refractivity contribution in [1.29, 1.82) is 0 Å². The number of halogens is 2. The van der Waals surface area contributed by atoms with Gasteiger partial charge in [-0.25, -0.2) is 0 Å². The van der Waals surface area contributed by atoms with Gasteiger partial charge in [-0.2, -0.15) is 0 Å². The third-order valence-electron chi connectivity index (χ3n) is 4.51. The van der Waals surface area contributed by atoms with Gasteiger partial charge in [-0.05, 0) is 30.5 Å². The third-order valence-corrected chi connectivity index (χ3v) is 5.01. The van der Waals surface area contributed by atoms with Crippen LogP contribution in [0.2, 0.25) is 10.0 Å². The van der Waals surface area contributed by atoms with Gasteiger partial charge in [0.2, 0.25) is 0 Å². The number of carbonyl (C=O) groups is 2. The van der Waals surface area contributed by atoms with E-state index < -0.39 is 12.1 Å². The fourth-order valence-corrected chi connectivity index (χ4v) is 3.46. The van der Waals surface area contributed by atoms with Crippen LogP contribution in [-0.2, 0) is 9.59 Å². The summed E-state index contributed by atoms with van der Waals surface area (Å²) in [5.41, 5.74) is 7.22. The minimum absolute atomic E-state index is 0.0460. The number of carboxylic acids is 1. The molecule has 0 aromatic heterocycles. The lowest BCUT2D eigenvalue weighted by Crippen LogP contribution is -2.49. The van der Waals surface area contributed by atoms with Crippen LogP contribution >= 0.6 is 23.2 Å².